The average molecular weight is 343 g/mol. The molecule has 0 saturated carbocycles. The van der Waals surface area contributed by atoms with Crippen LogP contribution in [-0.4, -0.2) is 24.8 Å². The SMILES string of the molecule is CCOC(=O)[C@H](C#N)[C@H](c1ccc(C)cc1)[C@H]1CCO[C@](C)(CC)C1. The minimum Gasteiger partial charge on any atom is -0.465 e. The molecule has 0 aliphatic carbocycles. The Hall–Kier alpha value is -1.86. The Balaban J connectivity index is 2.39. The fourth-order valence-electron chi connectivity index (χ4n) is 3.76. The van der Waals surface area contributed by atoms with E-state index < -0.39 is 11.9 Å². The van der Waals surface area contributed by atoms with Crippen molar-refractivity contribution in [3.63, 3.8) is 0 Å². The Kier molecular flexibility index (Phi) is 6.61. The van der Waals surface area contributed by atoms with Gasteiger partial charge >= 0.3 is 5.97 Å². The van der Waals surface area contributed by atoms with Crippen LogP contribution in [0, 0.1) is 30.1 Å². The monoisotopic (exact) mass is 343 g/mol. The Morgan fingerprint density at radius 1 is 1.40 bits per heavy atom. The van der Waals surface area contributed by atoms with Gasteiger partial charge in [-0.15, -0.1) is 0 Å². The summed E-state index contributed by atoms with van der Waals surface area (Å²) in [6.45, 7) is 9.01. The Morgan fingerprint density at radius 3 is 2.64 bits per heavy atom. The molecule has 0 N–H and O–H groups in total. The van der Waals surface area contributed by atoms with Crippen molar-refractivity contribution in [1.82, 2.24) is 0 Å². The number of nitrogens with zero attached hydrogens (tertiary/aromatic N) is 1. The van der Waals surface area contributed by atoms with E-state index in [1.807, 2.05) is 31.2 Å². The third-order valence-electron chi connectivity index (χ3n) is 5.39. The van der Waals surface area contributed by atoms with Crippen molar-refractivity contribution >= 4 is 5.97 Å². The fraction of sp³-hybridized carbons (Fsp3) is 0.619. The van der Waals surface area contributed by atoms with Gasteiger partial charge in [-0.3, -0.25) is 4.79 Å². The molecule has 0 amide bonds. The summed E-state index contributed by atoms with van der Waals surface area (Å²) in [6, 6.07) is 10.4. The fourth-order valence-corrected chi connectivity index (χ4v) is 3.76. The largest absolute Gasteiger partial charge is 0.465 e. The van der Waals surface area contributed by atoms with Gasteiger partial charge in [-0.05, 0) is 51.5 Å². The van der Waals surface area contributed by atoms with Crippen molar-refractivity contribution < 1.29 is 14.3 Å². The number of benzene rings is 1. The first-order valence-electron chi connectivity index (χ1n) is 9.21. The van der Waals surface area contributed by atoms with Crippen molar-refractivity contribution in [3.8, 4) is 6.07 Å². The molecule has 1 aliphatic rings. The topological polar surface area (TPSA) is 59.3 Å². The summed E-state index contributed by atoms with van der Waals surface area (Å²) < 4.78 is 11.2. The summed E-state index contributed by atoms with van der Waals surface area (Å²) in [5.74, 6) is -1.15. The van der Waals surface area contributed by atoms with Crippen molar-refractivity contribution in [1.29, 1.82) is 5.26 Å². The van der Waals surface area contributed by atoms with Crippen LogP contribution < -0.4 is 0 Å². The normalized spacial score (nSPS) is 25.6. The molecule has 4 nitrogen and oxygen atoms in total. The lowest BCUT2D eigenvalue weighted by Gasteiger charge is -2.41. The minimum atomic E-state index is -0.785. The minimum absolute atomic E-state index is 0.167. The van der Waals surface area contributed by atoms with Gasteiger partial charge in [-0.25, -0.2) is 0 Å². The van der Waals surface area contributed by atoms with Gasteiger partial charge < -0.3 is 9.47 Å². The molecule has 4 atom stereocenters. The second kappa shape index (κ2) is 8.49. The highest BCUT2D eigenvalue weighted by Crippen LogP contribution is 2.43. The first-order chi connectivity index (χ1) is 11.9. The van der Waals surface area contributed by atoms with Crippen molar-refractivity contribution in [2.75, 3.05) is 13.2 Å². The molecular formula is C21H29NO3. The predicted molar refractivity (Wildman–Crippen MR) is 97.0 cm³/mol. The van der Waals surface area contributed by atoms with Crippen LogP contribution in [-0.2, 0) is 14.3 Å². The van der Waals surface area contributed by atoms with Crippen LogP contribution in [0.2, 0.25) is 0 Å². The highest BCUT2D eigenvalue weighted by molar-refractivity contribution is 5.76. The summed E-state index contributed by atoms with van der Waals surface area (Å²) in [7, 11) is 0. The number of nitriles is 1. The standard InChI is InChI=1S/C21H29NO3/c1-5-21(4)13-17(11-12-25-21)19(16-9-7-15(3)8-10-16)18(14-22)20(23)24-6-2/h7-10,17-19H,5-6,11-13H2,1-4H3/t17-,18+,19+,21+/m0/s1. The molecule has 1 saturated heterocycles. The lowest BCUT2D eigenvalue weighted by atomic mass is 9.70. The van der Waals surface area contributed by atoms with Gasteiger partial charge in [0.25, 0.3) is 0 Å². The maximum absolute atomic E-state index is 12.5. The molecule has 0 unspecified atom stereocenters. The van der Waals surface area contributed by atoms with Crippen LogP contribution in [0.1, 0.15) is 57.1 Å². The van der Waals surface area contributed by atoms with Crippen LogP contribution in [0.5, 0.6) is 0 Å². The van der Waals surface area contributed by atoms with Crippen LogP contribution in [0.3, 0.4) is 0 Å². The second-order valence-electron chi connectivity index (χ2n) is 7.20. The molecule has 1 aromatic carbocycles. The number of rotatable bonds is 6. The molecule has 1 heterocycles. The molecule has 4 heteroatoms. The molecule has 1 fully saturated rings. The average Bonchev–Trinajstić information content (AvgIpc) is 2.61. The smallest absolute Gasteiger partial charge is 0.323 e. The van der Waals surface area contributed by atoms with Crippen LogP contribution >= 0.6 is 0 Å². The zero-order valence-corrected chi connectivity index (χ0v) is 15.7. The van der Waals surface area contributed by atoms with E-state index in [0.29, 0.717) is 6.61 Å². The second-order valence-corrected chi connectivity index (χ2v) is 7.20. The van der Waals surface area contributed by atoms with Gasteiger partial charge in [0.05, 0.1) is 18.3 Å². The maximum Gasteiger partial charge on any atom is 0.323 e. The van der Waals surface area contributed by atoms with Crippen LogP contribution in [0.25, 0.3) is 0 Å². The molecule has 1 aromatic rings. The summed E-state index contributed by atoms with van der Waals surface area (Å²) in [5, 5.41) is 9.75. The van der Waals surface area contributed by atoms with E-state index in [1.165, 1.54) is 0 Å². The van der Waals surface area contributed by atoms with Gasteiger partial charge in [-0.2, -0.15) is 5.26 Å². The van der Waals surface area contributed by atoms with Gasteiger partial charge in [0.2, 0.25) is 0 Å². The number of hydrogen-bond acceptors (Lipinski definition) is 4. The first-order valence-corrected chi connectivity index (χ1v) is 9.21. The van der Waals surface area contributed by atoms with E-state index in [9.17, 15) is 10.1 Å². The molecular weight excluding hydrogens is 314 g/mol. The Morgan fingerprint density at radius 2 is 2.08 bits per heavy atom. The Labute approximate surface area is 151 Å². The van der Waals surface area contributed by atoms with Crippen molar-refractivity contribution in [3.05, 3.63) is 35.4 Å². The van der Waals surface area contributed by atoms with Gasteiger partial charge in [0.1, 0.15) is 0 Å². The molecule has 0 radical (unpaired) electrons. The number of carbonyl (C=O) groups excluding carboxylic acids is 1. The lowest BCUT2D eigenvalue weighted by Crippen LogP contribution is -2.40. The van der Waals surface area contributed by atoms with E-state index in [0.717, 1.165) is 30.4 Å². The quantitative estimate of drug-likeness (QED) is 0.719. The van der Waals surface area contributed by atoms with E-state index in [1.54, 1.807) is 6.92 Å². The van der Waals surface area contributed by atoms with Crippen LogP contribution in [0.15, 0.2) is 24.3 Å². The Bertz CT molecular complexity index is 619. The number of aryl methyl sites for hydroxylation is 1. The van der Waals surface area contributed by atoms with Crippen molar-refractivity contribution in [2.24, 2.45) is 11.8 Å². The predicted octanol–water partition coefficient (Wildman–Crippen LogP) is 4.38. The number of esters is 1. The summed E-state index contributed by atoms with van der Waals surface area (Å²) in [5.41, 5.74) is 2.01. The zero-order chi connectivity index (χ0) is 18.4. The van der Waals surface area contributed by atoms with E-state index in [-0.39, 0.29) is 24.0 Å². The van der Waals surface area contributed by atoms with Crippen LogP contribution in [0.4, 0.5) is 0 Å². The van der Waals surface area contributed by atoms with Gasteiger partial charge in [0.15, 0.2) is 5.92 Å². The highest BCUT2D eigenvalue weighted by atomic mass is 16.5. The van der Waals surface area contributed by atoms with Gasteiger partial charge in [-0.1, -0.05) is 36.8 Å². The molecule has 1 aliphatic heterocycles. The summed E-state index contributed by atoms with van der Waals surface area (Å²) >= 11 is 0. The molecule has 25 heavy (non-hydrogen) atoms. The number of hydrogen-bond donors (Lipinski definition) is 0. The summed E-state index contributed by atoms with van der Waals surface area (Å²) in [6.07, 6.45) is 2.62. The molecule has 0 bridgehead atoms. The van der Waals surface area contributed by atoms with E-state index in [2.05, 4.69) is 19.9 Å². The third-order valence-corrected chi connectivity index (χ3v) is 5.39. The molecule has 0 spiro atoms. The highest BCUT2D eigenvalue weighted by Gasteiger charge is 2.42. The van der Waals surface area contributed by atoms with Crippen molar-refractivity contribution in [2.45, 2.75) is 58.5 Å². The molecule has 136 valence electrons. The number of carbonyl (C=O) groups is 1. The first kappa shape index (κ1) is 19.5. The van der Waals surface area contributed by atoms with E-state index in [4.69, 9.17) is 9.47 Å². The third kappa shape index (κ3) is 4.61. The number of ether oxygens (including phenoxy) is 2. The van der Waals surface area contributed by atoms with E-state index >= 15 is 0 Å². The molecule has 0 aromatic heterocycles. The maximum atomic E-state index is 12.5. The summed E-state index contributed by atoms with van der Waals surface area (Å²) in [4.78, 5) is 12.5. The zero-order valence-electron chi connectivity index (χ0n) is 15.7. The lowest BCUT2D eigenvalue weighted by molar-refractivity contribution is -0.148. The molecule has 2 rings (SSSR count). The van der Waals surface area contributed by atoms with Gasteiger partial charge in [0, 0.05) is 12.5 Å².